The normalized spacial score (nSPS) is 20.0. The Hall–Kier alpha value is -0.860. The molecule has 0 unspecified atom stereocenters. The lowest BCUT2D eigenvalue weighted by Crippen LogP contribution is -2.04. The molecule has 0 N–H and O–H groups in total. The molecule has 1 aliphatic rings. The predicted octanol–water partition coefficient (Wildman–Crippen LogP) is 1.19. The monoisotopic (exact) mass is 136 g/mol. The van der Waals surface area contributed by atoms with Gasteiger partial charge in [-0.25, -0.2) is 9.67 Å². The first-order valence-corrected chi connectivity index (χ1v) is 3.74. The quantitative estimate of drug-likeness (QED) is 0.580. The zero-order valence-electron chi connectivity index (χ0n) is 5.82. The van der Waals surface area contributed by atoms with Crippen LogP contribution in [0.25, 0.3) is 0 Å². The van der Waals surface area contributed by atoms with Crippen LogP contribution in [0.15, 0.2) is 6.33 Å². The third-order valence-corrected chi connectivity index (χ3v) is 2.06. The van der Waals surface area contributed by atoms with E-state index in [-0.39, 0.29) is 0 Å². The van der Waals surface area contributed by atoms with Gasteiger partial charge in [-0.1, -0.05) is 12.8 Å². The fourth-order valence-electron chi connectivity index (χ4n) is 1.52. The van der Waals surface area contributed by atoms with Gasteiger partial charge in [0.15, 0.2) is 6.33 Å². The second kappa shape index (κ2) is 2.40. The summed E-state index contributed by atoms with van der Waals surface area (Å²) in [5.74, 6) is 0. The lowest BCUT2D eigenvalue weighted by molar-refractivity contribution is 0.462. The zero-order valence-corrected chi connectivity index (χ0v) is 5.82. The van der Waals surface area contributed by atoms with Crippen LogP contribution in [0.2, 0.25) is 0 Å². The first-order chi connectivity index (χ1) is 4.97. The molecule has 3 nitrogen and oxygen atoms in total. The second-order valence-electron chi connectivity index (χ2n) is 2.74. The molecule has 0 aliphatic heterocycles. The molecule has 53 valence electrons. The highest BCUT2D eigenvalue weighted by Crippen LogP contribution is 2.27. The summed E-state index contributed by atoms with van der Waals surface area (Å²) in [6, 6.07) is 0.586. The summed E-state index contributed by atoms with van der Waals surface area (Å²) in [4.78, 5) is 3.79. The topological polar surface area (TPSA) is 30.7 Å². The van der Waals surface area contributed by atoms with Crippen LogP contribution in [0.1, 0.15) is 31.7 Å². The minimum atomic E-state index is 0.586. The standard InChI is InChI=1S/C7H10N3/c1-2-4-7(3-1)10-6-8-5-9-10/h5,7H,1-4H2. The van der Waals surface area contributed by atoms with Gasteiger partial charge in [-0.15, -0.1) is 0 Å². The molecule has 1 saturated carbocycles. The van der Waals surface area contributed by atoms with Crippen LogP contribution in [0, 0.1) is 6.33 Å². The maximum atomic E-state index is 4.05. The minimum absolute atomic E-state index is 0.586. The van der Waals surface area contributed by atoms with E-state index in [1.807, 2.05) is 4.68 Å². The third-order valence-electron chi connectivity index (χ3n) is 2.06. The summed E-state index contributed by atoms with van der Waals surface area (Å²) in [6.07, 6.45) is 9.55. The van der Waals surface area contributed by atoms with Crippen molar-refractivity contribution in [1.82, 2.24) is 14.8 Å². The molecule has 0 amide bonds. The molecular weight excluding hydrogens is 126 g/mol. The van der Waals surface area contributed by atoms with Gasteiger partial charge in [-0.05, 0) is 12.8 Å². The van der Waals surface area contributed by atoms with E-state index in [2.05, 4.69) is 16.4 Å². The Morgan fingerprint density at radius 2 is 2.20 bits per heavy atom. The lowest BCUT2D eigenvalue weighted by atomic mass is 10.3. The summed E-state index contributed by atoms with van der Waals surface area (Å²) in [6.45, 7) is 0. The van der Waals surface area contributed by atoms with Crippen LogP contribution in [-0.4, -0.2) is 14.8 Å². The highest BCUT2D eigenvalue weighted by atomic mass is 15.3. The Bertz CT molecular complexity index is 187. The van der Waals surface area contributed by atoms with Crippen molar-refractivity contribution in [1.29, 1.82) is 0 Å². The van der Waals surface area contributed by atoms with E-state index in [9.17, 15) is 0 Å². The van der Waals surface area contributed by atoms with Gasteiger partial charge in [0.25, 0.3) is 0 Å². The van der Waals surface area contributed by atoms with Crippen molar-refractivity contribution in [2.24, 2.45) is 0 Å². The molecule has 0 atom stereocenters. The second-order valence-corrected chi connectivity index (χ2v) is 2.74. The Kier molecular flexibility index (Phi) is 1.42. The molecule has 1 heterocycles. The molecule has 1 aromatic rings. The molecule has 1 aromatic heterocycles. The van der Waals surface area contributed by atoms with Crippen LogP contribution in [0.4, 0.5) is 0 Å². The molecule has 2 rings (SSSR count). The van der Waals surface area contributed by atoms with E-state index in [1.54, 1.807) is 6.33 Å². The van der Waals surface area contributed by atoms with Crippen LogP contribution in [-0.2, 0) is 0 Å². The van der Waals surface area contributed by atoms with E-state index in [0.29, 0.717) is 6.04 Å². The van der Waals surface area contributed by atoms with Crippen LogP contribution in [0.3, 0.4) is 0 Å². The Balaban J connectivity index is 2.12. The highest BCUT2D eigenvalue weighted by molar-refractivity contribution is 4.72. The number of nitrogens with zero attached hydrogens (tertiary/aromatic N) is 3. The van der Waals surface area contributed by atoms with Gasteiger partial charge in [0.1, 0.15) is 6.33 Å². The number of hydrogen-bond donors (Lipinski definition) is 0. The van der Waals surface area contributed by atoms with Gasteiger partial charge in [0.05, 0.1) is 6.04 Å². The zero-order chi connectivity index (χ0) is 6.81. The molecule has 1 radical (unpaired) electrons. The van der Waals surface area contributed by atoms with Crippen molar-refractivity contribution < 1.29 is 0 Å². The van der Waals surface area contributed by atoms with Crippen LogP contribution >= 0.6 is 0 Å². The fraction of sp³-hybridized carbons (Fsp3) is 0.714. The van der Waals surface area contributed by atoms with Gasteiger partial charge in [0, 0.05) is 0 Å². The highest BCUT2D eigenvalue weighted by Gasteiger charge is 2.16. The van der Waals surface area contributed by atoms with Gasteiger partial charge < -0.3 is 0 Å². The lowest BCUT2D eigenvalue weighted by Gasteiger charge is -2.05. The van der Waals surface area contributed by atoms with Crippen molar-refractivity contribution in [3.8, 4) is 0 Å². The SMILES string of the molecule is [c]1ncnn1C1CCCC1. The summed E-state index contributed by atoms with van der Waals surface area (Å²) < 4.78 is 1.85. The molecule has 3 heteroatoms. The average Bonchev–Trinajstić information content (AvgIpc) is 2.59. The number of rotatable bonds is 1. The van der Waals surface area contributed by atoms with Crippen molar-refractivity contribution in [2.75, 3.05) is 0 Å². The van der Waals surface area contributed by atoms with Crippen molar-refractivity contribution in [2.45, 2.75) is 31.7 Å². The van der Waals surface area contributed by atoms with Crippen LogP contribution in [0.5, 0.6) is 0 Å². The van der Waals surface area contributed by atoms with Gasteiger partial charge in [-0.3, -0.25) is 0 Å². The van der Waals surface area contributed by atoms with Crippen LogP contribution < -0.4 is 0 Å². The van der Waals surface area contributed by atoms with Gasteiger partial charge >= 0.3 is 0 Å². The Morgan fingerprint density at radius 1 is 1.40 bits per heavy atom. The van der Waals surface area contributed by atoms with E-state index in [4.69, 9.17) is 0 Å². The van der Waals surface area contributed by atoms with Gasteiger partial charge in [-0.2, -0.15) is 5.10 Å². The third kappa shape index (κ3) is 0.916. The summed E-state index contributed by atoms with van der Waals surface area (Å²) in [7, 11) is 0. The summed E-state index contributed by atoms with van der Waals surface area (Å²) in [5, 5.41) is 4.05. The smallest absolute Gasteiger partial charge is 0.196 e. The first-order valence-electron chi connectivity index (χ1n) is 3.74. The molecule has 0 aromatic carbocycles. The molecule has 1 fully saturated rings. The fourth-order valence-corrected chi connectivity index (χ4v) is 1.52. The maximum absolute atomic E-state index is 4.05. The molecule has 0 bridgehead atoms. The van der Waals surface area contributed by atoms with Gasteiger partial charge in [0.2, 0.25) is 0 Å². The molecule has 10 heavy (non-hydrogen) atoms. The maximum Gasteiger partial charge on any atom is 0.196 e. The first kappa shape index (κ1) is 5.89. The van der Waals surface area contributed by atoms with E-state index in [1.165, 1.54) is 25.7 Å². The largest absolute Gasteiger partial charge is 0.240 e. The van der Waals surface area contributed by atoms with E-state index >= 15 is 0 Å². The number of aromatic nitrogens is 3. The Morgan fingerprint density at radius 3 is 2.80 bits per heavy atom. The molecule has 0 spiro atoms. The molecule has 1 aliphatic carbocycles. The Labute approximate surface area is 60.1 Å². The van der Waals surface area contributed by atoms with Crippen molar-refractivity contribution in [3.05, 3.63) is 12.7 Å². The van der Waals surface area contributed by atoms with E-state index < -0.39 is 0 Å². The predicted molar refractivity (Wildman–Crippen MR) is 36.4 cm³/mol. The summed E-state index contributed by atoms with van der Waals surface area (Å²) in [5.41, 5.74) is 0. The van der Waals surface area contributed by atoms with Crippen molar-refractivity contribution >= 4 is 0 Å². The van der Waals surface area contributed by atoms with Crippen molar-refractivity contribution in [3.63, 3.8) is 0 Å². The molecule has 0 saturated heterocycles. The number of hydrogen-bond acceptors (Lipinski definition) is 2. The summed E-state index contributed by atoms with van der Waals surface area (Å²) >= 11 is 0. The molecular formula is C7H10N3. The minimum Gasteiger partial charge on any atom is -0.240 e. The van der Waals surface area contributed by atoms with E-state index in [0.717, 1.165) is 0 Å². The average molecular weight is 136 g/mol.